The molecule has 158 valence electrons. The van der Waals surface area contributed by atoms with Gasteiger partial charge in [-0.05, 0) is 53.1 Å². The van der Waals surface area contributed by atoms with E-state index >= 15 is 0 Å². The minimum atomic E-state index is 0.372. The zero-order chi connectivity index (χ0) is 21.5. The van der Waals surface area contributed by atoms with Gasteiger partial charge in [-0.15, -0.1) is 11.3 Å². The molecule has 8 heteroatoms. The summed E-state index contributed by atoms with van der Waals surface area (Å²) in [4.78, 5) is 14.4. The van der Waals surface area contributed by atoms with Gasteiger partial charge in [0.15, 0.2) is 0 Å². The van der Waals surface area contributed by atoms with E-state index in [1.165, 1.54) is 10.1 Å². The number of hydrogen-bond acceptors (Lipinski definition) is 7. The summed E-state index contributed by atoms with van der Waals surface area (Å²) in [6, 6.07) is 14.7. The van der Waals surface area contributed by atoms with E-state index in [4.69, 9.17) is 16.6 Å². The van der Waals surface area contributed by atoms with Crippen LogP contribution in [0.4, 0.5) is 5.95 Å². The molecule has 1 saturated carbocycles. The molecule has 32 heavy (non-hydrogen) atoms. The fourth-order valence-corrected chi connectivity index (χ4v) is 5.67. The van der Waals surface area contributed by atoms with Crippen LogP contribution in [0.2, 0.25) is 5.15 Å². The summed E-state index contributed by atoms with van der Waals surface area (Å²) < 4.78 is 1.21. The largest absolute Gasteiger partial charge is 0.354 e. The number of rotatable bonds is 6. The molecule has 6 rings (SSSR count). The van der Waals surface area contributed by atoms with Crippen LogP contribution in [0.3, 0.4) is 0 Å². The third-order valence-corrected chi connectivity index (χ3v) is 7.43. The molecule has 0 radical (unpaired) electrons. The number of pyridine rings is 1. The Morgan fingerprint density at radius 1 is 1.06 bits per heavy atom. The zero-order valence-corrected chi connectivity index (χ0v) is 18.6. The average molecular weight is 459 g/mol. The van der Waals surface area contributed by atoms with E-state index in [-0.39, 0.29) is 0 Å². The van der Waals surface area contributed by atoms with Crippen molar-refractivity contribution in [3.63, 3.8) is 0 Å². The third kappa shape index (κ3) is 3.67. The molecule has 3 aromatic heterocycles. The van der Waals surface area contributed by atoms with Crippen molar-refractivity contribution < 1.29 is 0 Å². The second-order valence-electron chi connectivity index (χ2n) is 7.99. The van der Waals surface area contributed by atoms with Gasteiger partial charge in [0, 0.05) is 35.8 Å². The molecular formula is C24H19ClN6S. The lowest BCUT2D eigenvalue weighted by atomic mass is 10.1. The number of nitrogens with one attached hydrogen (secondary N) is 1. The van der Waals surface area contributed by atoms with Gasteiger partial charge in [-0.3, -0.25) is 0 Å². The Morgan fingerprint density at radius 3 is 2.88 bits per heavy atom. The third-order valence-electron chi connectivity index (χ3n) is 6.01. The van der Waals surface area contributed by atoms with Crippen LogP contribution in [0.5, 0.6) is 0 Å². The van der Waals surface area contributed by atoms with Gasteiger partial charge in [0.25, 0.3) is 0 Å². The molecule has 1 aliphatic carbocycles. The molecule has 0 bridgehead atoms. The molecule has 1 fully saturated rings. The molecule has 4 heterocycles. The van der Waals surface area contributed by atoms with Gasteiger partial charge in [0.1, 0.15) is 5.15 Å². The van der Waals surface area contributed by atoms with Crippen LogP contribution in [0.15, 0.2) is 77.4 Å². The Balaban J connectivity index is 1.22. The summed E-state index contributed by atoms with van der Waals surface area (Å²) in [5.74, 6) is 1.79. The van der Waals surface area contributed by atoms with Gasteiger partial charge < -0.3 is 5.32 Å². The maximum atomic E-state index is 6.12. The lowest BCUT2D eigenvalue weighted by Crippen LogP contribution is -2.07. The van der Waals surface area contributed by atoms with Crippen molar-refractivity contribution in [2.75, 3.05) is 11.9 Å². The topological polar surface area (TPSA) is 75.4 Å². The smallest absolute Gasteiger partial charge is 0.223 e. The van der Waals surface area contributed by atoms with Crippen molar-refractivity contribution in [2.24, 2.45) is 22.1 Å². The fraction of sp³-hybridized carbons (Fsp3) is 0.208. The predicted octanol–water partition coefficient (Wildman–Crippen LogP) is 6.47. The molecule has 1 aromatic carbocycles. The number of fused-ring (bicyclic) bond motifs is 2. The van der Waals surface area contributed by atoms with Crippen LogP contribution in [-0.4, -0.2) is 27.5 Å². The number of hydrogen-bond donors (Lipinski definition) is 1. The molecule has 1 N–H and O–H groups in total. The van der Waals surface area contributed by atoms with Crippen molar-refractivity contribution in [2.45, 2.75) is 12.5 Å². The van der Waals surface area contributed by atoms with Crippen molar-refractivity contribution in [3.8, 4) is 21.7 Å². The van der Waals surface area contributed by atoms with Crippen LogP contribution in [0, 0.1) is 11.8 Å². The van der Waals surface area contributed by atoms with Crippen molar-refractivity contribution >= 4 is 39.0 Å². The van der Waals surface area contributed by atoms with Gasteiger partial charge in [0.05, 0.1) is 16.6 Å². The van der Waals surface area contributed by atoms with Crippen LogP contribution in [-0.2, 0) is 0 Å². The van der Waals surface area contributed by atoms with Crippen molar-refractivity contribution in [3.05, 3.63) is 72.3 Å². The van der Waals surface area contributed by atoms with E-state index in [2.05, 4.69) is 55.9 Å². The van der Waals surface area contributed by atoms with Crippen LogP contribution >= 0.6 is 22.9 Å². The van der Waals surface area contributed by atoms with Crippen LogP contribution in [0.1, 0.15) is 6.42 Å². The summed E-state index contributed by atoms with van der Waals surface area (Å²) in [6.45, 7) is 0.823. The average Bonchev–Trinajstić information content (AvgIpc) is 3.33. The summed E-state index contributed by atoms with van der Waals surface area (Å²) >= 11 is 7.85. The lowest BCUT2D eigenvalue weighted by Gasteiger charge is -2.05. The second-order valence-corrected chi connectivity index (χ2v) is 9.43. The number of benzene rings is 1. The maximum Gasteiger partial charge on any atom is 0.223 e. The van der Waals surface area contributed by atoms with E-state index in [9.17, 15) is 0 Å². The first-order valence-electron chi connectivity index (χ1n) is 10.5. The zero-order valence-electron chi connectivity index (χ0n) is 17.0. The van der Waals surface area contributed by atoms with E-state index in [1.54, 1.807) is 23.7 Å². The van der Waals surface area contributed by atoms with Gasteiger partial charge in [-0.2, -0.15) is 10.2 Å². The van der Waals surface area contributed by atoms with Crippen LogP contribution < -0.4 is 5.32 Å². The molecule has 0 amide bonds. The molecule has 2 aliphatic rings. The van der Waals surface area contributed by atoms with Gasteiger partial charge in [0.2, 0.25) is 5.95 Å². The SMILES string of the molecule is Clc1cc(-c2cccc3cc(-c4ccnc(NCCC5C6C=CN=NC65)n4)sc23)ccn1. The summed E-state index contributed by atoms with van der Waals surface area (Å²) in [6.07, 6.45) is 8.55. The number of thiophene rings is 1. The standard InChI is InChI=1S/C24H19ClN6S/c25-21-13-14(4-8-26-21)16-3-1-2-15-12-20(32-23(15)16)19-7-10-28-24(30-19)27-9-5-17-18-6-11-29-31-22(17)18/h1-4,6-8,10-13,17-18,22H,5,9H2,(H,27,28,30). The number of azo groups is 1. The Labute approximate surface area is 194 Å². The molecule has 0 spiro atoms. The number of aromatic nitrogens is 3. The summed E-state index contributed by atoms with van der Waals surface area (Å²) in [5.41, 5.74) is 3.12. The highest BCUT2D eigenvalue weighted by molar-refractivity contribution is 7.22. The maximum absolute atomic E-state index is 6.12. The van der Waals surface area contributed by atoms with Gasteiger partial charge >= 0.3 is 0 Å². The highest BCUT2D eigenvalue weighted by Crippen LogP contribution is 2.47. The second kappa shape index (κ2) is 8.07. The summed E-state index contributed by atoms with van der Waals surface area (Å²) in [7, 11) is 0. The minimum absolute atomic E-state index is 0.372. The Bertz CT molecular complexity index is 1350. The highest BCUT2D eigenvalue weighted by atomic mass is 35.5. The van der Waals surface area contributed by atoms with Crippen molar-refractivity contribution in [1.82, 2.24) is 15.0 Å². The molecule has 3 unspecified atom stereocenters. The number of anilines is 1. The van der Waals surface area contributed by atoms with Crippen LogP contribution in [0.25, 0.3) is 31.8 Å². The van der Waals surface area contributed by atoms with Gasteiger partial charge in [-0.25, -0.2) is 15.0 Å². The molecule has 1 aliphatic heterocycles. The van der Waals surface area contributed by atoms with E-state index in [0.717, 1.165) is 34.7 Å². The predicted molar refractivity (Wildman–Crippen MR) is 129 cm³/mol. The number of nitrogens with zero attached hydrogens (tertiary/aromatic N) is 5. The molecule has 4 aromatic rings. The first kappa shape index (κ1) is 19.5. The van der Waals surface area contributed by atoms with Gasteiger partial charge in [-0.1, -0.05) is 35.9 Å². The lowest BCUT2D eigenvalue weighted by molar-refractivity contribution is 0.704. The first-order valence-corrected chi connectivity index (χ1v) is 11.7. The normalized spacial score (nSPS) is 21.0. The van der Waals surface area contributed by atoms with Crippen molar-refractivity contribution in [1.29, 1.82) is 0 Å². The Kier molecular flexibility index (Phi) is 4.92. The Hall–Kier alpha value is -3.16. The molecular weight excluding hydrogens is 440 g/mol. The van der Waals surface area contributed by atoms with E-state index < -0.39 is 0 Å². The number of halogens is 1. The molecule has 3 atom stereocenters. The van der Waals surface area contributed by atoms with E-state index in [0.29, 0.717) is 29.0 Å². The molecule has 0 saturated heterocycles. The molecule has 6 nitrogen and oxygen atoms in total. The monoisotopic (exact) mass is 458 g/mol. The minimum Gasteiger partial charge on any atom is -0.354 e. The van der Waals surface area contributed by atoms with E-state index in [1.807, 2.05) is 24.4 Å². The quantitative estimate of drug-likeness (QED) is 0.336. The highest BCUT2D eigenvalue weighted by Gasteiger charge is 2.49. The fourth-order valence-electron chi connectivity index (χ4n) is 4.34. The summed E-state index contributed by atoms with van der Waals surface area (Å²) in [5, 5.41) is 13.3. The first-order chi connectivity index (χ1) is 15.8. The Morgan fingerprint density at radius 2 is 2.00 bits per heavy atom.